The van der Waals surface area contributed by atoms with E-state index in [-0.39, 0.29) is 11.9 Å². The van der Waals surface area contributed by atoms with Crippen molar-refractivity contribution in [1.82, 2.24) is 10.2 Å². The lowest BCUT2D eigenvalue weighted by atomic mass is 10.1. The SMILES string of the molecule is O=C1NCCN2C[C@@H](F)C[C@@H]12. The fourth-order valence-electron chi connectivity index (χ4n) is 1.81. The number of nitrogens with one attached hydrogen (secondary N) is 1. The molecule has 3 nitrogen and oxygen atoms in total. The van der Waals surface area contributed by atoms with Crippen LogP contribution in [0.25, 0.3) is 0 Å². The van der Waals surface area contributed by atoms with Crippen molar-refractivity contribution in [3.8, 4) is 0 Å². The monoisotopic (exact) mass is 158 g/mol. The van der Waals surface area contributed by atoms with Crippen molar-refractivity contribution in [1.29, 1.82) is 0 Å². The summed E-state index contributed by atoms with van der Waals surface area (Å²) in [5, 5.41) is 2.73. The Labute approximate surface area is 64.6 Å². The maximum absolute atomic E-state index is 12.8. The Bertz CT molecular complexity index is 185. The molecule has 62 valence electrons. The van der Waals surface area contributed by atoms with Gasteiger partial charge < -0.3 is 5.32 Å². The Morgan fingerprint density at radius 2 is 2.45 bits per heavy atom. The fraction of sp³-hybridized carbons (Fsp3) is 0.857. The molecule has 0 unspecified atom stereocenters. The van der Waals surface area contributed by atoms with Crippen molar-refractivity contribution in [3.05, 3.63) is 0 Å². The van der Waals surface area contributed by atoms with Gasteiger partial charge in [0, 0.05) is 26.1 Å². The second-order valence-electron chi connectivity index (χ2n) is 3.13. The van der Waals surface area contributed by atoms with Crippen LogP contribution in [-0.2, 0) is 4.79 Å². The predicted octanol–water partition coefficient (Wildman–Crippen LogP) is -0.471. The van der Waals surface area contributed by atoms with Crippen molar-refractivity contribution in [2.24, 2.45) is 0 Å². The van der Waals surface area contributed by atoms with Crippen molar-refractivity contribution in [3.63, 3.8) is 0 Å². The molecule has 1 amide bonds. The number of hydrogen-bond donors (Lipinski definition) is 1. The Balaban J connectivity index is 2.09. The van der Waals surface area contributed by atoms with Crippen LogP contribution in [0.1, 0.15) is 6.42 Å². The first kappa shape index (κ1) is 7.03. The van der Waals surface area contributed by atoms with Gasteiger partial charge in [-0.3, -0.25) is 9.69 Å². The molecule has 2 fully saturated rings. The van der Waals surface area contributed by atoms with Crippen LogP contribution >= 0.6 is 0 Å². The van der Waals surface area contributed by atoms with Gasteiger partial charge in [-0.1, -0.05) is 0 Å². The first-order chi connectivity index (χ1) is 5.27. The van der Waals surface area contributed by atoms with E-state index in [1.54, 1.807) is 0 Å². The molecule has 0 aromatic heterocycles. The highest BCUT2D eigenvalue weighted by molar-refractivity contribution is 5.82. The molecule has 0 aromatic rings. The third-order valence-corrected chi connectivity index (χ3v) is 2.35. The standard InChI is InChI=1S/C7H11FN2O/c8-5-3-6-7(11)9-1-2-10(6)4-5/h5-6H,1-4H2,(H,9,11)/t5-,6-/m0/s1. The molecular weight excluding hydrogens is 147 g/mol. The van der Waals surface area contributed by atoms with Crippen LogP contribution < -0.4 is 5.32 Å². The fourth-order valence-corrected chi connectivity index (χ4v) is 1.81. The molecule has 2 rings (SSSR count). The number of alkyl halides is 1. The summed E-state index contributed by atoms with van der Waals surface area (Å²) in [6.45, 7) is 1.91. The van der Waals surface area contributed by atoms with Gasteiger partial charge in [0.25, 0.3) is 0 Å². The Morgan fingerprint density at radius 1 is 1.64 bits per heavy atom. The Hall–Kier alpha value is -0.640. The second kappa shape index (κ2) is 2.44. The molecule has 2 heterocycles. The van der Waals surface area contributed by atoms with Crippen molar-refractivity contribution in [2.75, 3.05) is 19.6 Å². The highest BCUT2D eigenvalue weighted by Gasteiger charge is 2.38. The molecule has 1 N–H and O–H groups in total. The summed E-state index contributed by atoms with van der Waals surface area (Å²) in [6, 6.07) is -0.182. The van der Waals surface area contributed by atoms with Gasteiger partial charge >= 0.3 is 0 Å². The van der Waals surface area contributed by atoms with E-state index in [2.05, 4.69) is 5.32 Å². The van der Waals surface area contributed by atoms with Crippen LogP contribution in [0.4, 0.5) is 4.39 Å². The molecule has 2 aliphatic heterocycles. The van der Waals surface area contributed by atoms with E-state index in [4.69, 9.17) is 0 Å². The molecular formula is C7H11FN2O. The molecule has 0 saturated carbocycles. The lowest BCUT2D eigenvalue weighted by Crippen LogP contribution is -2.51. The van der Waals surface area contributed by atoms with E-state index in [9.17, 15) is 9.18 Å². The first-order valence-corrected chi connectivity index (χ1v) is 3.93. The second-order valence-corrected chi connectivity index (χ2v) is 3.13. The minimum absolute atomic E-state index is 0.00333. The summed E-state index contributed by atoms with van der Waals surface area (Å²) >= 11 is 0. The Kier molecular flexibility index (Phi) is 1.56. The lowest BCUT2D eigenvalue weighted by Gasteiger charge is -2.28. The van der Waals surface area contributed by atoms with Crippen LogP contribution in [0.3, 0.4) is 0 Å². The van der Waals surface area contributed by atoms with Crippen molar-refractivity contribution < 1.29 is 9.18 Å². The number of halogens is 1. The minimum Gasteiger partial charge on any atom is -0.353 e. The van der Waals surface area contributed by atoms with Crippen LogP contribution in [0, 0.1) is 0 Å². The highest BCUT2D eigenvalue weighted by atomic mass is 19.1. The number of carbonyl (C=O) groups excluding carboxylic acids is 1. The molecule has 0 bridgehead atoms. The topological polar surface area (TPSA) is 32.3 Å². The normalized spacial score (nSPS) is 38.5. The average Bonchev–Trinajstić information content (AvgIpc) is 2.31. The van der Waals surface area contributed by atoms with Crippen LogP contribution in [0.5, 0.6) is 0 Å². The van der Waals surface area contributed by atoms with Gasteiger partial charge in [-0.15, -0.1) is 0 Å². The molecule has 2 saturated heterocycles. The molecule has 4 heteroatoms. The van der Waals surface area contributed by atoms with Gasteiger partial charge in [-0.2, -0.15) is 0 Å². The number of nitrogens with zero attached hydrogens (tertiary/aromatic N) is 1. The maximum Gasteiger partial charge on any atom is 0.237 e. The quantitative estimate of drug-likeness (QED) is 0.517. The van der Waals surface area contributed by atoms with E-state index in [1.165, 1.54) is 0 Å². The molecule has 0 spiro atoms. The summed E-state index contributed by atoms with van der Waals surface area (Å²) in [6.07, 6.45) is -0.421. The summed E-state index contributed by atoms with van der Waals surface area (Å²) in [5.41, 5.74) is 0. The third-order valence-electron chi connectivity index (χ3n) is 2.35. The van der Waals surface area contributed by atoms with Crippen molar-refractivity contribution >= 4 is 5.91 Å². The smallest absolute Gasteiger partial charge is 0.237 e. The van der Waals surface area contributed by atoms with E-state index >= 15 is 0 Å². The maximum atomic E-state index is 12.8. The number of rotatable bonds is 0. The van der Waals surface area contributed by atoms with Crippen LogP contribution in [0.2, 0.25) is 0 Å². The zero-order valence-electron chi connectivity index (χ0n) is 6.22. The van der Waals surface area contributed by atoms with Crippen LogP contribution in [-0.4, -0.2) is 42.7 Å². The number of carbonyl (C=O) groups is 1. The zero-order chi connectivity index (χ0) is 7.84. The molecule has 0 radical (unpaired) electrons. The summed E-state index contributed by atoms with van der Waals surface area (Å²) in [5.74, 6) is -0.00333. The van der Waals surface area contributed by atoms with Gasteiger partial charge in [-0.25, -0.2) is 4.39 Å². The zero-order valence-corrected chi connectivity index (χ0v) is 6.22. The number of fused-ring (bicyclic) bond motifs is 1. The van der Waals surface area contributed by atoms with E-state index in [0.717, 1.165) is 6.54 Å². The van der Waals surface area contributed by atoms with Gasteiger partial charge in [0.2, 0.25) is 5.91 Å². The lowest BCUT2D eigenvalue weighted by molar-refractivity contribution is -0.127. The molecule has 2 aliphatic rings. The van der Waals surface area contributed by atoms with Gasteiger partial charge in [0.15, 0.2) is 0 Å². The largest absolute Gasteiger partial charge is 0.353 e. The average molecular weight is 158 g/mol. The van der Waals surface area contributed by atoms with Crippen molar-refractivity contribution in [2.45, 2.75) is 18.6 Å². The molecule has 11 heavy (non-hydrogen) atoms. The van der Waals surface area contributed by atoms with E-state index in [0.29, 0.717) is 19.5 Å². The molecule has 0 aromatic carbocycles. The molecule has 0 aliphatic carbocycles. The Morgan fingerprint density at radius 3 is 3.18 bits per heavy atom. The van der Waals surface area contributed by atoms with Crippen LogP contribution in [0.15, 0.2) is 0 Å². The predicted molar refractivity (Wildman–Crippen MR) is 37.9 cm³/mol. The third kappa shape index (κ3) is 1.11. The molecule has 2 atom stereocenters. The number of piperazine rings is 1. The van der Waals surface area contributed by atoms with Gasteiger partial charge in [0.1, 0.15) is 6.17 Å². The highest BCUT2D eigenvalue weighted by Crippen LogP contribution is 2.21. The van der Waals surface area contributed by atoms with E-state index in [1.807, 2.05) is 4.90 Å². The van der Waals surface area contributed by atoms with E-state index < -0.39 is 6.17 Å². The summed E-state index contributed by atoms with van der Waals surface area (Å²) in [7, 11) is 0. The van der Waals surface area contributed by atoms with Gasteiger partial charge in [0.05, 0.1) is 6.04 Å². The van der Waals surface area contributed by atoms with Gasteiger partial charge in [-0.05, 0) is 0 Å². The first-order valence-electron chi connectivity index (χ1n) is 3.93. The minimum atomic E-state index is -0.802. The summed E-state index contributed by atoms with van der Waals surface area (Å²) < 4.78 is 12.8. The summed E-state index contributed by atoms with van der Waals surface area (Å²) in [4.78, 5) is 13.0. The number of hydrogen-bond acceptors (Lipinski definition) is 2. The number of amides is 1.